The minimum Gasteiger partial charge on any atom is -0.353 e. The normalized spacial score (nSPS) is 15.1. The average molecular weight is 481 g/mol. The van der Waals surface area contributed by atoms with E-state index >= 15 is 0 Å². The van der Waals surface area contributed by atoms with Gasteiger partial charge in [0.25, 0.3) is 0 Å². The smallest absolute Gasteiger partial charge is 0.353 e. The third-order valence-corrected chi connectivity index (χ3v) is 5.96. The van der Waals surface area contributed by atoms with Crippen LogP contribution in [-0.2, 0) is 12.4 Å². The molecule has 4 rings (SSSR count). The fourth-order valence-corrected chi connectivity index (χ4v) is 3.87. The molecule has 3 aromatic rings. The number of halogens is 6. The van der Waals surface area contributed by atoms with E-state index in [2.05, 4.69) is 15.2 Å². The van der Waals surface area contributed by atoms with Crippen molar-refractivity contribution in [2.24, 2.45) is 0 Å². The summed E-state index contributed by atoms with van der Waals surface area (Å²) in [5, 5.41) is 8.62. The molecule has 0 N–H and O–H groups in total. The first kappa shape index (κ1) is 23.8. The first-order valence-electron chi connectivity index (χ1n) is 10.5. The lowest BCUT2D eigenvalue weighted by atomic mass is 10.0. The molecule has 1 saturated heterocycles. The molecule has 1 aromatic carbocycles. The zero-order valence-corrected chi connectivity index (χ0v) is 18.4. The maximum absolute atomic E-state index is 12.8. The summed E-state index contributed by atoms with van der Waals surface area (Å²) in [6.45, 7) is 5.95. The average Bonchev–Trinajstić information content (AvgIpc) is 2.80. The van der Waals surface area contributed by atoms with Gasteiger partial charge in [0, 0.05) is 37.9 Å². The number of benzene rings is 1. The second-order valence-corrected chi connectivity index (χ2v) is 8.07. The van der Waals surface area contributed by atoms with Crippen LogP contribution in [0.15, 0.2) is 42.6 Å². The Balaban J connectivity index is 1.47. The fourth-order valence-electron chi connectivity index (χ4n) is 3.87. The maximum atomic E-state index is 12.8. The maximum Gasteiger partial charge on any atom is 0.417 e. The van der Waals surface area contributed by atoms with Crippen LogP contribution in [0, 0.1) is 13.8 Å². The number of hydrogen-bond donors (Lipinski definition) is 0. The topological polar surface area (TPSA) is 45.2 Å². The lowest BCUT2D eigenvalue weighted by Gasteiger charge is -2.36. The number of alkyl halides is 6. The summed E-state index contributed by atoms with van der Waals surface area (Å²) in [7, 11) is 0. The van der Waals surface area contributed by atoms with Gasteiger partial charge in [-0.3, -0.25) is 0 Å². The summed E-state index contributed by atoms with van der Waals surface area (Å²) in [6, 6.07) is 7.20. The van der Waals surface area contributed by atoms with Crippen LogP contribution >= 0.6 is 0 Å². The standard InChI is InChI=1S/C23H21F6N5/c1-14-15(2)21(32-31-20(14)16-3-5-17(6-4-16)22(24,25)26)34-11-9-33(10-12-34)19-8-7-18(13-30-19)23(27,28)29/h3-8,13H,9-12H2,1-2H3. The molecule has 0 spiro atoms. The predicted octanol–water partition coefficient (Wildman–Crippen LogP) is 5.52. The lowest BCUT2D eigenvalue weighted by Crippen LogP contribution is -2.47. The quantitative estimate of drug-likeness (QED) is 0.461. The van der Waals surface area contributed by atoms with Crippen LogP contribution in [0.25, 0.3) is 11.3 Å². The van der Waals surface area contributed by atoms with Crippen LogP contribution < -0.4 is 9.80 Å². The number of anilines is 2. The molecule has 0 atom stereocenters. The summed E-state index contributed by atoms with van der Waals surface area (Å²) in [5.41, 5.74) is 1.23. The van der Waals surface area contributed by atoms with E-state index < -0.39 is 23.5 Å². The number of nitrogens with zero attached hydrogens (tertiary/aromatic N) is 5. The van der Waals surface area contributed by atoms with E-state index in [1.807, 2.05) is 23.6 Å². The van der Waals surface area contributed by atoms with E-state index in [0.717, 1.165) is 35.5 Å². The van der Waals surface area contributed by atoms with E-state index in [9.17, 15) is 26.3 Å². The largest absolute Gasteiger partial charge is 0.417 e. The molecule has 180 valence electrons. The Bertz CT molecular complexity index is 1150. The van der Waals surface area contributed by atoms with E-state index in [-0.39, 0.29) is 0 Å². The molecule has 0 aliphatic carbocycles. The molecule has 0 bridgehead atoms. The number of pyridine rings is 1. The Hall–Kier alpha value is -3.37. The fraction of sp³-hybridized carbons (Fsp3) is 0.348. The van der Waals surface area contributed by atoms with Crippen molar-refractivity contribution in [3.8, 4) is 11.3 Å². The van der Waals surface area contributed by atoms with Gasteiger partial charge in [-0.1, -0.05) is 12.1 Å². The first-order chi connectivity index (χ1) is 15.9. The highest BCUT2D eigenvalue weighted by Gasteiger charge is 2.32. The Labute approximate surface area is 192 Å². The molecule has 2 aromatic heterocycles. The van der Waals surface area contributed by atoms with Crippen molar-refractivity contribution >= 4 is 11.6 Å². The zero-order valence-electron chi connectivity index (χ0n) is 18.4. The number of rotatable bonds is 3. The molecule has 0 amide bonds. The van der Waals surface area contributed by atoms with Crippen LogP contribution in [0.2, 0.25) is 0 Å². The van der Waals surface area contributed by atoms with Gasteiger partial charge in [0.05, 0.1) is 16.8 Å². The van der Waals surface area contributed by atoms with Crippen molar-refractivity contribution in [3.63, 3.8) is 0 Å². The number of aromatic nitrogens is 3. The lowest BCUT2D eigenvalue weighted by molar-refractivity contribution is -0.138. The third-order valence-electron chi connectivity index (χ3n) is 5.96. The monoisotopic (exact) mass is 481 g/mol. The van der Waals surface area contributed by atoms with E-state index in [1.54, 1.807) is 0 Å². The van der Waals surface area contributed by atoms with Gasteiger partial charge < -0.3 is 9.80 Å². The van der Waals surface area contributed by atoms with Crippen LogP contribution in [0.3, 0.4) is 0 Å². The van der Waals surface area contributed by atoms with E-state index in [4.69, 9.17) is 0 Å². The van der Waals surface area contributed by atoms with Crippen LogP contribution in [-0.4, -0.2) is 41.4 Å². The van der Waals surface area contributed by atoms with Gasteiger partial charge in [-0.25, -0.2) is 4.98 Å². The van der Waals surface area contributed by atoms with Crippen molar-refractivity contribution in [1.29, 1.82) is 0 Å². The highest BCUT2D eigenvalue weighted by Crippen LogP contribution is 2.33. The summed E-state index contributed by atoms with van der Waals surface area (Å²) in [5.74, 6) is 1.15. The molecule has 3 heterocycles. The second-order valence-electron chi connectivity index (χ2n) is 8.07. The Morgan fingerprint density at radius 3 is 1.76 bits per heavy atom. The Morgan fingerprint density at radius 1 is 0.676 bits per heavy atom. The summed E-state index contributed by atoms with van der Waals surface area (Å²) in [6.07, 6.45) is -8.00. The third kappa shape index (κ3) is 4.78. The van der Waals surface area contributed by atoms with Crippen molar-refractivity contribution in [2.75, 3.05) is 36.0 Å². The van der Waals surface area contributed by atoms with Crippen molar-refractivity contribution in [1.82, 2.24) is 15.2 Å². The molecule has 1 aliphatic heterocycles. The minimum atomic E-state index is -4.43. The van der Waals surface area contributed by atoms with Gasteiger partial charge in [0.15, 0.2) is 5.82 Å². The van der Waals surface area contributed by atoms with Crippen molar-refractivity contribution in [3.05, 3.63) is 64.8 Å². The minimum absolute atomic E-state index is 0.476. The molecule has 34 heavy (non-hydrogen) atoms. The molecule has 11 heteroatoms. The second kappa shape index (κ2) is 8.77. The van der Waals surface area contributed by atoms with E-state index in [1.165, 1.54) is 18.2 Å². The zero-order chi connectivity index (χ0) is 24.7. The van der Waals surface area contributed by atoms with Gasteiger partial charge in [-0.05, 0) is 49.2 Å². The highest BCUT2D eigenvalue weighted by molar-refractivity contribution is 5.67. The van der Waals surface area contributed by atoms with Crippen LogP contribution in [0.1, 0.15) is 22.3 Å². The highest BCUT2D eigenvalue weighted by atomic mass is 19.4. The molecule has 1 aliphatic rings. The summed E-state index contributed by atoms with van der Waals surface area (Å²) >= 11 is 0. The molecular formula is C23H21F6N5. The Kier molecular flexibility index (Phi) is 6.13. The van der Waals surface area contributed by atoms with Gasteiger partial charge in [-0.15, -0.1) is 10.2 Å². The predicted molar refractivity (Wildman–Crippen MR) is 116 cm³/mol. The number of hydrogen-bond acceptors (Lipinski definition) is 5. The van der Waals surface area contributed by atoms with E-state index in [0.29, 0.717) is 49.1 Å². The van der Waals surface area contributed by atoms with Gasteiger partial charge in [0.2, 0.25) is 0 Å². The first-order valence-corrected chi connectivity index (χ1v) is 10.5. The summed E-state index contributed by atoms with van der Waals surface area (Å²) < 4.78 is 76.8. The molecule has 5 nitrogen and oxygen atoms in total. The van der Waals surface area contributed by atoms with Gasteiger partial charge >= 0.3 is 12.4 Å². The van der Waals surface area contributed by atoms with Gasteiger partial charge in [0.1, 0.15) is 5.82 Å². The molecule has 0 radical (unpaired) electrons. The number of piperazine rings is 1. The molecule has 1 fully saturated rings. The van der Waals surface area contributed by atoms with Crippen LogP contribution in [0.5, 0.6) is 0 Å². The van der Waals surface area contributed by atoms with Crippen molar-refractivity contribution in [2.45, 2.75) is 26.2 Å². The SMILES string of the molecule is Cc1c(-c2ccc(C(F)(F)F)cc2)nnc(N2CCN(c3ccc(C(F)(F)F)cn3)CC2)c1C. The molecule has 0 unspecified atom stereocenters. The summed E-state index contributed by atoms with van der Waals surface area (Å²) in [4.78, 5) is 7.89. The molecule has 0 saturated carbocycles. The Morgan fingerprint density at radius 2 is 1.24 bits per heavy atom. The van der Waals surface area contributed by atoms with Crippen molar-refractivity contribution < 1.29 is 26.3 Å². The van der Waals surface area contributed by atoms with Crippen LogP contribution in [0.4, 0.5) is 38.0 Å². The molecular weight excluding hydrogens is 460 g/mol. The van der Waals surface area contributed by atoms with Gasteiger partial charge in [-0.2, -0.15) is 26.3 Å².